The third-order valence-electron chi connectivity index (χ3n) is 2.49. The molecule has 0 aromatic heterocycles. The molecule has 0 amide bonds. The molecule has 0 unspecified atom stereocenters. The standard InChI is InChI=1S/C13H9BrF2/c1-8-11(6-7-12(14)13(8)16)9-2-4-10(15)5-3-9/h2-7H,1H3. The minimum absolute atomic E-state index is 0.276. The Balaban J connectivity index is 2.57. The molecule has 3 heteroatoms. The van der Waals surface area contributed by atoms with Gasteiger partial charge < -0.3 is 0 Å². The van der Waals surface area contributed by atoms with E-state index in [9.17, 15) is 8.78 Å². The van der Waals surface area contributed by atoms with Gasteiger partial charge in [0.05, 0.1) is 4.47 Å². The average molecular weight is 283 g/mol. The smallest absolute Gasteiger partial charge is 0.140 e. The van der Waals surface area contributed by atoms with Crippen molar-refractivity contribution in [3.05, 3.63) is 58.1 Å². The second kappa shape index (κ2) is 4.34. The fourth-order valence-corrected chi connectivity index (χ4v) is 2.02. The van der Waals surface area contributed by atoms with Gasteiger partial charge >= 0.3 is 0 Å². The van der Waals surface area contributed by atoms with E-state index < -0.39 is 0 Å². The summed E-state index contributed by atoms with van der Waals surface area (Å²) in [4.78, 5) is 0. The molecule has 0 radical (unpaired) electrons. The molecule has 16 heavy (non-hydrogen) atoms. The van der Waals surface area contributed by atoms with E-state index in [0.29, 0.717) is 10.0 Å². The van der Waals surface area contributed by atoms with Crippen LogP contribution >= 0.6 is 15.9 Å². The van der Waals surface area contributed by atoms with Crippen LogP contribution in [-0.4, -0.2) is 0 Å². The van der Waals surface area contributed by atoms with Crippen molar-refractivity contribution in [3.63, 3.8) is 0 Å². The number of hydrogen-bond acceptors (Lipinski definition) is 0. The van der Waals surface area contributed by atoms with E-state index in [4.69, 9.17) is 0 Å². The summed E-state index contributed by atoms with van der Waals surface area (Å²) in [6, 6.07) is 9.50. The largest absolute Gasteiger partial charge is 0.207 e. The molecule has 2 aromatic carbocycles. The predicted molar refractivity (Wildman–Crippen MR) is 64.2 cm³/mol. The minimum atomic E-state index is -0.293. The van der Waals surface area contributed by atoms with Crippen LogP contribution in [0.2, 0.25) is 0 Å². The van der Waals surface area contributed by atoms with Crippen LogP contribution in [0.15, 0.2) is 40.9 Å². The molecule has 2 aromatic rings. The van der Waals surface area contributed by atoms with Crippen LogP contribution in [0.4, 0.5) is 8.78 Å². The van der Waals surface area contributed by atoms with Gasteiger partial charge in [-0.25, -0.2) is 8.78 Å². The predicted octanol–water partition coefficient (Wildman–Crippen LogP) is 4.70. The molecule has 0 saturated carbocycles. The molecule has 2 rings (SSSR count). The van der Waals surface area contributed by atoms with E-state index in [1.807, 2.05) is 6.07 Å². The first-order valence-corrected chi connectivity index (χ1v) is 5.59. The fraction of sp³-hybridized carbons (Fsp3) is 0.0769. The Hall–Kier alpha value is -1.22. The second-order valence-electron chi connectivity index (χ2n) is 3.54. The molecule has 0 bridgehead atoms. The highest BCUT2D eigenvalue weighted by Gasteiger charge is 2.09. The third kappa shape index (κ3) is 2.00. The molecule has 0 heterocycles. The lowest BCUT2D eigenvalue weighted by molar-refractivity contribution is 0.612. The van der Waals surface area contributed by atoms with Crippen LogP contribution in [0.5, 0.6) is 0 Å². The Bertz CT molecular complexity index is 518. The van der Waals surface area contributed by atoms with Crippen molar-refractivity contribution < 1.29 is 8.78 Å². The second-order valence-corrected chi connectivity index (χ2v) is 4.40. The normalized spacial score (nSPS) is 10.5. The van der Waals surface area contributed by atoms with Gasteiger partial charge in [-0.3, -0.25) is 0 Å². The Kier molecular flexibility index (Phi) is 3.06. The van der Waals surface area contributed by atoms with Crippen molar-refractivity contribution in [2.24, 2.45) is 0 Å². The van der Waals surface area contributed by atoms with Crippen LogP contribution in [0, 0.1) is 18.6 Å². The molecule has 82 valence electrons. The maximum Gasteiger partial charge on any atom is 0.140 e. The van der Waals surface area contributed by atoms with E-state index in [1.54, 1.807) is 25.1 Å². The van der Waals surface area contributed by atoms with Crippen LogP contribution < -0.4 is 0 Å². The number of benzene rings is 2. The molecule has 0 aliphatic heterocycles. The van der Waals surface area contributed by atoms with Crippen molar-refractivity contribution in [1.82, 2.24) is 0 Å². The molecular weight excluding hydrogens is 274 g/mol. The van der Waals surface area contributed by atoms with Gasteiger partial charge in [0.25, 0.3) is 0 Å². The van der Waals surface area contributed by atoms with Gasteiger partial charge in [0.2, 0.25) is 0 Å². The summed E-state index contributed by atoms with van der Waals surface area (Å²) < 4.78 is 26.8. The number of hydrogen-bond donors (Lipinski definition) is 0. The highest BCUT2D eigenvalue weighted by atomic mass is 79.9. The fourth-order valence-electron chi connectivity index (χ4n) is 1.59. The SMILES string of the molecule is Cc1c(-c2ccc(F)cc2)ccc(Br)c1F. The molecule has 0 nitrogen and oxygen atoms in total. The first-order chi connectivity index (χ1) is 7.59. The van der Waals surface area contributed by atoms with Crippen molar-refractivity contribution in [2.75, 3.05) is 0 Å². The summed E-state index contributed by atoms with van der Waals surface area (Å²) in [5.74, 6) is -0.569. The maximum atomic E-state index is 13.6. The zero-order valence-corrected chi connectivity index (χ0v) is 10.2. The zero-order chi connectivity index (χ0) is 11.7. The topological polar surface area (TPSA) is 0 Å². The summed E-state index contributed by atoms with van der Waals surface area (Å²) in [5, 5.41) is 0. The Morgan fingerprint density at radius 3 is 2.19 bits per heavy atom. The van der Waals surface area contributed by atoms with Crippen LogP contribution in [0.1, 0.15) is 5.56 Å². The maximum absolute atomic E-state index is 13.6. The van der Waals surface area contributed by atoms with E-state index in [2.05, 4.69) is 15.9 Å². The van der Waals surface area contributed by atoms with Crippen LogP contribution in [0.25, 0.3) is 11.1 Å². The van der Waals surface area contributed by atoms with Crippen molar-refractivity contribution >= 4 is 15.9 Å². The molecule has 0 fully saturated rings. The Labute approximate surface area is 101 Å². The lowest BCUT2D eigenvalue weighted by atomic mass is 10.0. The lowest BCUT2D eigenvalue weighted by Crippen LogP contribution is -1.89. The van der Waals surface area contributed by atoms with E-state index in [1.165, 1.54) is 12.1 Å². The quantitative estimate of drug-likeness (QED) is 0.711. The highest BCUT2D eigenvalue weighted by Crippen LogP contribution is 2.29. The first-order valence-electron chi connectivity index (χ1n) is 4.80. The van der Waals surface area contributed by atoms with Gasteiger partial charge in [0.15, 0.2) is 0 Å². The van der Waals surface area contributed by atoms with Gasteiger partial charge in [0, 0.05) is 0 Å². The summed E-state index contributed by atoms with van der Waals surface area (Å²) in [5.41, 5.74) is 2.15. The van der Waals surface area contributed by atoms with Crippen LogP contribution in [-0.2, 0) is 0 Å². The van der Waals surface area contributed by atoms with Crippen LogP contribution in [0.3, 0.4) is 0 Å². The summed E-state index contributed by atoms with van der Waals surface area (Å²) >= 11 is 3.13. The summed E-state index contributed by atoms with van der Waals surface area (Å²) in [6.07, 6.45) is 0. The number of halogens is 3. The van der Waals surface area contributed by atoms with Crippen molar-refractivity contribution in [1.29, 1.82) is 0 Å². The van der Waals surface area contributed by atoms with E-state index in [-0.39, 0.29) is 11.6 Å². The van der Waals surface area contributed by atoms with Gasteiger partial charge in [-0.2, -0.15) is 0 Å². The van der Waals surface area contributed by atoms with Crippen molar-refractivity contribution in [2.45, 2.75) is 6.92 Å². The highest BCUT2D eigenvalue weighted by molar-refractivity contribution is 9.10. The Morgan fingerprint density at radius 1 is 0.938 bits per heavy atom. The minimum Gasteiger partial charge on any atom is -0.207 e. The molecule has 0 N–H and O–H groups in total. The van der Waals surface area contributed by atoms with Gasteiger partial charge in [-0.15, -0.1) is 0 Å². The average Bonchev–Trinajstić information content (AvgIpc) is 2.28. The van der Waals surface area contributed by atoms with Gasteiger partial charge in [-0.05, 0) is 57.7 Å². The monoisotopic (exact) mass is 282 g/mol. The summed E-state index contributed by atoms with van der Waals surface area (Å²) in [7, 11) is 0. The van der Waals surface area contributed by atoms with E-state index >= 15 is 0 Å². The molecule has 0 aliphatic carbocycles. The van der Waals surface area contributed by atoms with Gasteiger partial charge in [-0.1, -0.05) is 18.2 Å². The van der Waals surface area contributed by atoms with E-state index in [0.717, 1.165) is 11.1 Å². The Morgan fingerprint density at radius 2 is 1.56 bits per heavy atom. The molecule has 0 spiro atoms. The van der Waals surface area contributed by atoms with Gasteiger partial charge in [0.1, 0.15) is 11.6 Å². The molecule has 0 atom stereocenters. The number of rotatable bonds is 1. The first kappa shape index (κ1) is 11.3. The summed E-state index contributed by atoms with van der Waals surface area (Å²) in [6.45, 7) is 1.71. The zero-order valence-electron chi connectivity index (χ0n) is 8.60. The van der Waals surface area contributed by atoms with Crippen molar-refractivity contribution in [3.8, 4) is 11.1 Å². The third-order valence-corrected chi connectivity index (χ3v) is 3.11. The molecule has 0 aliphatic rings. The molecular formula is C13H9BrF2. The molecule has 0 saturated heterocycles. The lowest BCUT2D eigenvalue weighted by Gasteiger charge is -2.08.